The first-order valence-electron chi connectivity index (χ1n) is 11.0. The van der Waals surface area contributed by atoms with Crippen LogP contribution in [0.15, 0.2) is 73.3 Å². The van der Waals surface area contributed by atoms with Crippen molar-refractivity contribution >= 4 is 6.03 Å². The number of amides is 2. The average molecular weight is 408 g/mol. The second-order valence-electron chi connectivity index (χ2n) is 8.86. The Bertz CT molecular complexity index is 853. The van der Waals surface area contributed by atoms with E-state index in [-0.39, 0.29) is 19.8 Å². The topological polar surface area (TPSA) is 44.1 Å². The highest BCUT2D eigenvalue weighted by Crippen LogP contribution is 2.57. The van der Waals surface area contributed by atoms with E-state index in [1.807, 2.05) is 6.92 Å². The molecule has 4 heteroatoms. The van der Waals surface area contributed by atoms with Gasteiger partial charge in [-0.15, -0.1) is 6.58 Å². The Morgan fingerprint density at radius 1 is 1.17 bits per heavy atom. The van der Waals surface area contributed by atoms with Gasteiger partial charge in [-0.25, -0.2) is 4.79 Å². The highest BCUT2D eigenvalue weighted by Gasteiger charge is 2.64. The van der Waals surface area contributed by atoms with Crippen LogP contribution in [-0.4, -0.2) is 42.6 Å². The molecule has 0 radical (unpaired) electrons. The van der Waals surface area contributed by atoms with E-state index in [0.717, 1.165) is 12.8 Å². The van der Waals surface area contributed by atoms with Crippen molar-refractivity contribution < 1.29 is 7.65 Å². The van der Waals surface area contributed by atoms with E-state index in [0.29, 0.717) is 25.0 Å². The van der Waals surface area contributed by atoms with Crippen molar-refractivity contribution in [1.29, 1.82) is 0 Å². The Hall–Kier alpha value is -2.59. The van der Waals surface area contributed by atoms with Crippen molar-refractivity contribution in [2.75, 3.05) is 20.1 Å². The third-order valence-corrected chi connectivity index (χ3v) is 7.34. The van der Waals surface area contributed by atoms with E-state index in [1.165, 1.54) is 17.5 Å². The summed E-state index contributed by atoms with van der Waals surface area (Å²) in [5.41, 5.74) is 2.43. The summed E-state index contributed by atoms with van der Waals surface area (Å²) in [6.45, 7) is 7.26. The van der Waals surface area contributed by atoms with Crippen molar-refractivity contribution in [2.45, 2.75) is 43.2 Å². The monoisotopic (exact) mass is 407 g/mol. The van der Waals surface area contributed by atoms with Crippen LogP contribution in [0.4, 0.5) is 4.79 Å². The van der Waals surface area contributed by atoms with Crippen LogP contribution in [0.3, 0.4) is 0 Å². The fourth-order valence-electron chi connectivity index (χ4n) is 5.73. The molecule has 4 nitrogen and oxygen atoms in total. The molecule has 0 bridgehead atoms. The number of fused-ring (bicyclic) bond motifs is 1. The van der Waals surface area contributed by atoms with Gasteiger partial charge < -0.3 is 10.6 Å². The molecule has 2 unspecified atom stereocenters. The Balaban J connectivity index is 0.00000181. The predicted molar refractivity (Wildman–Crippen MR) is 127 cm³/mol. The first-order chi connectivity index (χ1) is 14.6. The molecule has 0 spiro atoms. The number of piperidine rings is 1. The van der Waals surface area contributed by atoms with Gasteiger partial charge in [0.2, 0.25) is 0 Å². The number of nitrogens with one attached hydrogen (secondary N) is 2. The Kier molecular flexibility index (Phi) is 5.70. The molecule has 2 amide bonds. The van der Waals surface area contributed by atoms with Crippen LogP contribution in [-0.2, 0) is 5.41 Å². The fraction of sp³-hybridized carbons (Fsp3) is 0.423. The number of nitrogens with zero attached hydrogens (tertiary/aromatic N) is 1. The number of hydrogen-bond donors (Lipinski definition) is 2. The molecule has 4 atom stereocenters. The molecule has 162 valence electrons. The summed E-state index contributed by atoms with van der Waals surface area (Å²) >= 11 is 0. The molecule has 1 saturated heterocycles. The zero-order valence-corrected chi connectivity index (χ0v) is 18.1. The van der Waals surface area contributed by atoms with Crippen LogP contribution in [0.5, 0.6) is 0 Å². The second-order valence-corrected chi connectivity index (χ2v) is 8.86. The van der Waals surface area contributed by atoms with Crippen molar-refractivity contribution in [3.63, 3.8) is 0 Å². The molecule has 2 N–H and O–H groups in total. The van der Waals surface area contributed by atoms with Gasteiger partial charge in [-0.05, 0) is 50.3 Å². The molecule has 2 aliphatic rings. The smallest absolute Gasteiger partial charge is 0.314 e. The van der Waals surface area contributed by atoms with Crippen molar-refractivity contribution in [2.24, 2.45) is 5.92 Å². The van der Waals surface area contributed by atoms with Crippen LogP contribution in [0.2, 0.25) is 0 Å². The van der Waals surface area contributed by atoms with Gasteiger partial charge in [-0.3, -0.25) is 4.90 Å². The van der Waals surface area contributed by atoms with Crippen LogP contribution in [0.25, 0.3) is 0 Å². The summed E-state index contributed by atoms with van der Waals surface area (Å²) in [5, 5.41) is 6.05. The van der Waals surface area contributed by atoms with Crippen LogP contribution in [0, 0.1) is 5.92 Å². The molecule has 4 rings (SSSR count). The third-order valence-electron chi connectivity index (χ3n) is 7.34. The molecule has 2 aromatic carbocycles. The maximum atomic E-state index is 12.3. The number of likely N-dealkylation sites (tertiary alicyclic amines) is 1. The normalized spacial score (nSPS) is 27.2. The molecule has 0 aromatic heterocycles. The first-order valence-corrected chi connectivity index (χ1v) is 11.0. The van der Waals surface area contributed by atoms with Gasteiger partial charge in [0.05, 0.1) is 5.54 Å². The van der Waals surface area contributed by atoms with Crippen LogP contribution < -0.4 is 10.6 Å². The largest absolute Gasteiger partial charge is 0.338 e. The van der Waals surface area contributed by atoms with Crippen LogP contribution in [0.1, 0.15) is 40.2 Å². The predicted octanol–water partition coefficient (Wildman–Crippen LogP) is 4.82. The molecule has 30 heavy (non-hydrogen) atoms. The van der Waals surface area contributed by atoms with E-state index in [4.69, 9.17) is 0 Å². The summed E-state index contributed by atoms with van der Waals surface area (Å²) in [6, 6.07) is 21.9. The van der Waals surface area contributed by atoms with E-state index < -0.39 is 0 Å². The number of likely N-dealkylation sites (N-methyl/N-ethyl adjacent to an activating group) is 1. The number of urea groups is 1. The van der Waals surface area contributed by atoms with Gasteiger partial charge in [0.1, 0.15) is 0 Å². The highest BCUT2D eigenvalue weighted by molar-refractivity contribution is 5.74. The molecule has 1 heterocycles. The Morgan fingerprint density at radius 3 is 2.27 bits per heavy atom. The van der Waals surface area contributed by atoms with E-state index >= 15 is 0 Å². The lowest BCUT2D eigenvalue weighted by Crippen LogP contribution is -2.46. The third kappa shape index (κ3) is 3.54. The standard InChI is InChI=1S/C26H33N3O.2H2/c1-4-26-18-20(16-23(26)29(26)3)17-25(19-28-24(30)27-5-2,21-12-8-6-9-13-21)22-14-10-7-11-15-22;;/h4,6-15,20,23H,1,5,16-19H2,2-3H3,(H2,27,28,30);2*1H/t20-,23+,26?,29?;;/m1../s1. The van der Waals surface area contributed by atoms with E-state index in [2.05, 4.69) is 95.9 Å². The van der Waals surface area contributed by atoms with Gasteiger partial charge in [-0.2, -0.15) is 0 Å². The summed E-state index contributed by atoms with van der Waals surface area (Å²) in [6.07, 6.45) is 5.48. The lowest BCUT2D eigenvalue weighted by atomic mass is 9.68. The SMILES string of the molecule is C=CC12C[C@@H](CC(CNC(=O)NCC)(c3ccccc3)c3ccccc3)C[C@@H]1N2C.[HH].[HH]. The van der Waals surface area contributed by atoms with Gasteiger partial charge in [0, 0.05) is 27.4 Å². The molecular weight excluding hydrogens is 370 g/mol. The molecule has 1 aliphatic heterocycles. The van der Waals surface area contributed by atoms with Crippen LogP contribution >= 0.6 is 0 Å². The van der Waals surface area contributed by atoms with E-state index in [1.54, 1.807) is 0 Å². The maximum Gasteiger partial charge on any atom is 0.314 e. The molecule has 2 fully saturated rings. The maximum absolute atomic E-state index is 12.3. The minimum absolute atomic E-state index is 0. The lowest BCUT2D eigenvalue weighted by Gasteiger charge is -2.38. The lowest BCUT2D eigenvalue weighted by molar-refractivity contribution is 0.235. The van der Waals surface area contributed by atoms with Crippen molar-refractivity contribution in [3.8, 4) is 0 Å². The van der Waals surface area contributed by atoms with Crippen molar-refractivity contribution in [3.05, 3.63) is 84.4 Å². The van der Waals surface area contributed by atoms with Gasteiger partial charge in [-0.1, -0.05) is 66.7 Å². The quantitative estimate of drug-likeness (QED) is 0.487. The number of benzene rings is 2. The molecule has 2 aromatic rings. The summed E-state index contributed by atoms with van der Waals surface area (Å²) in [5.74, 6) is 0.584. The molecule has 1 aliphatic carbocycles. The number of rotatable bonds is 8. The highest BCUT2D eigenvalue weighted by atomic mass is 16.2. The van der Waals surface area contributed by atoms with Crippen molar-refractivity contribution in [1.82, 2.24) is 15.5 Å². The second kappa shape index (κ2) is 8.27. The number of hydrogen-bond acceptors (Lipinski definition) is 2. The number of carbonyl (C=O) groups is 1. The van der Waals surface area contributed by atoms with Gasteiger partial charge >= 0.3 is 6.03 Å². The zero-order valence-electron chi connectivity index (χ0n) is 18.1. The minimum atomic E-state index is -0.268. The first kappa shape index (κ1) is 20.7. The Morgan fingerprint density at radius 2 is 1.77 bits per heavy atom. The van der Waals surface area contributed by atoms with E-state index in [9.17, 15) is 4.79 Å². The fourth-order valence-corrected chi connectivity index (χ4v) is 5.73. The van der Waals surface area contributed by atoms with Gasteiger partial charge in [0.15, 0.2) is 0 Å². The Labute approximate surface area is 183 Å². The summed E-state index contributed by atoms with van der Waals surface area (Å²) < 4.78 is 0. The average Bonchev–Trinajstić information content (AvgIpc) is 3.14. The zero-order chi connectivity index (χ0) is 21.2. The minimum Gasteiger partial charge on any atom is -0.338 e. The summed E-state index contributed by atoms with van der Waals surface area (Å²) in [4.78, 5) is 14.8. The number of carbonyl (C=O) groups excluding carboxylic acids is 1. The summed E-state index contributed by atoms with van der Waals surface area (Å²) in [7, 11) is 2.21. The molecule has 1 saturated carbocycles. The van der Waals surface area contributed by atoms with Gasteiger partial charge in [0.25, 0.3) is 0 Å². The molecular formula is C26H37N3O.